The van der Waals surface area contributed by atoms with Gasteiger partial charge in [-0.2, -0.15) is 0 Å². The summed E-state index contributed by atoms with van der Waals surface area (Å²) in [5, 5.41) is 6.52. The highest BCUT2D eigenvalue weighted by Crippen LogP contribution is 2.43. The Bertz CT molecular complexity index is 610. The van der Waals surface area contributed by atoms with Gasteiger partial charge in [-0.3, -0.25) is 0 Å². The second-order valence-corrected chi connectivity index (χ2v) is 6.95. The van der Waals surface area contributed by atoms with Crippen molar-refractivity contribution in [3.8, 4) is 0 Å². The van der Waals surface area contributed by atoms with E-state index in [0.717, 1.165) is 6.54 Å². The van der Waals surface area contributed by atoms with Crippen LogP contribution in [0.5, 0.6) is 0 Å². The summed E-state index contributed by atoms with van der Waals surface area (Å²) in [5.74, 6) is 0. The van der Waals surface area contributed by atoms with Gasteiger partial charge in [-0.15, -0.1) is 0 Å². The van der Waals surface area contributed by atoms with Gasteiger partial charge < -0.3 is 5.32 Å². The van der Waals surface area contributed by atoms with E-state index in [1.54, 1.807) is 5.56 Å². The molecule has 0 heterocycles. The Kier molecular flexibility index (Phi) is 4.83. The number of hydrogen-bond acceptors (Lipinski definition) is 1. The summed E-state index contributed by atoms with van der Waals surface area (Å²) >= 11 is 0. The molecule has 1 atom stereocenters. The van der Waals surface area contributed by atoms with Crippen molar-refractivity contribution in [3.63, 3.8) is 0 Å². The van der Waals surface area contributed by atoms with Crippen molar-refractivity contribution in [1.29, 1.82) is 0 Å². The summed E-state index contributed by atoms with van der Waals surface area (Å²) in [6.07, 6.45) is 7.98. The number of rotatable bonds is 5. The van der Waals surface area contributed by atoms with Crippen LogP contribution in [0.25, 0.3) is 10.8 Å². The number of benzene rings is 2. The molecule has 0 amide bonds. The summed E-state index contributed by atoms with van der Waals surface area (Å²) in [4.78, 5) is 0. The van der Waals surface area contributed by atoms with Gasteiger partial charge in [0.25, 0.3) is 0 Å². The lowest BCUT2D eigenvalue weighted by molar-refractivity contribution is 0.224. The van der Waals surface area contributed by atoms with Crippen LogP contribution >= 0.6 is 0 Å². The summed E-state index contributed by atoms with van der Waals surface area (Å²) in [6.45, 7) is 5.77. The van der Waals surface area contributed by atoms with Gasteiger partial charge in [0.2, 0.25) is 0 Å². The molecule has 2 aromatic carbocycles. The Morgan fingerprint density at radius 2 is 1.73 bits per heavy atom. The second-order valence-electron chi connectivity index (χ2n) is 6.95. The fourth-order valence-electron chi connectivity index (χ4n) is 4.21. The Hall–Kier alpha value is -1.34. The first-order valence-corrected chi connectivity index (χ1v) is 8.99. The zero-order valence-electron chi connectivity index (χ0n) is 14.1. The van der Waals surface area contributed by atoms with Crippen LogP contribution in [0, 0.1) is 0 Å². The lowest BCUT2D eigenvalue weighted by Gasteiger charge is -2.43. The average Bonchev–Trinajstić information content (AvgIpc) is 2.59. The van der Waals surface area contributed by atoms with Gasteiger partial charge >= 0.3 is 0 Å². The molecule has 1 heteroatoms. The van der Waals surface area contributed by atoms with Crippen LogP contribution in [0.1, 0.15) is 57.9 Å². The summed E-state index contributed by atoms with van der Waals surface area (Å²) < 4.78 is 0. The lowest BCUT2D eigenvalue weighted by atomic mass is 9.65. The van der Waals surface area contributed by atoms with Gasteiger partial charge in [0.15, 0.2) is 0 Å². The number of hydrogen-bond donors (Lipinski definition) is 1. The molecule has 0 aromatic heterocycles. The minimum Gasteiger partial charge on any atom is -0.313 e. The molecule has 0 spiro atoms. The Balaban J connectivity index is 1.99. The third kappa shape index (κ3) is 2.92. The fourth-order valence-corrected chi connectivity index (χ4v) is 4.21. The van der Waals surface area contributed by atoms with Gasteiger partial charge in [-0.05, 0) is 49.1 Å². The predicted molar refractivity (Wildman–Crippen MR) is 96.5 cm³/mol. The monoisotopic (exact) mass is 295 g/mol. The van der Waals surface area contributed by atoms with Crippen molar-refractivity contribution in [2.75, 3.05) is 6.54 Å². The van der Waals surface area contributed by atoms with Crippen LogP contribution in [0.3, 0.4) is 0 Å². The second kappa shape index (κ2) is 6.83. The predicted octanol–water partition coefficient (Wildman–Crippen LogP) is 5.43. The van der Waals surface area contributed by atoms with E-state index in [1.165, 1.54) is 49.3 Å². The van der Waals surface area contributed by atoms with E-state index < -0.39 is 0 Å². The van der Waals surface area contributed by atoms with Gasteiger partial charge in [0, 0.05) is 11.5 Å². The molecule has 2 aromatic rings. The molecule has 118 valence electrons. The molecule has 0 saturated heterocycles. The van der Waals surface area contributed by atoms with Crippen LogP contribution in [0.2, 0.25) is 0 Å². The molecule has 1 aliphatic carbocycles. The minimum absolute atomic E-state index is 0.317. The van der Waals surface area contributed by atoms with Crippen LogP contribution in [-0.4, -0.2) is 12.6 Å². The Labute approximate surface area is 135 Å². The van der Waals surface area contributed by atoms with E-state index in [0.29, 0.717) is 11.5 Å². The molecule has 1 unspecified atom stereocenters. The van der Waals surface area contributed by atoms with E-state index in [-0.39, 0.29) is 0 Å². The Morgan fingerprint density at radius 1 is 1.00 bits per heavy atom. The summed E-state index contributed by atoms with van der Waals surface area (Å²) in [7, 11) is 0. The van der Waals surface area contributed by atoms with Crippen LogP contribution < -0.4 is 5.32 Å². The minimum atomic E-state index is 0.317. The molecule has 1 N–H and O–H groups in total. The molecule has 3 rings (SSSR count). The van der Waals surface area contributed by atoms with Crippen molar-refractivity contribution in [2.24, 2.45) is 0 Å². The topological polar surface area (TPSA) is 12.0 Å². The van der Waals surface area contributed by atoms with E-state index >= 15 is 0 Å². The first kappa shape index (κ1) is 15.6. The highest BCUT2D eigenvalue weighted by molar-refractivity contribution is 5.83. The Morgan fingerprint density at radius 3 is 2.45 bits per heavy atom. The van der Waals surface area contributed by atoms with E-state index in [9.17, 15) is 0 Å². The van der Waals surface area contributed by atoms with E-state index in [1.807, 2.05) is 0 Å². The molecule has 1 saturated carbocycles. The zero-order chi connectivity index (χ0) is 15.4. The highest BCUT2D eigenvalue weighted by Gasteiger charge is 2.38. The molecule has 0 radical (unpaired) electrons. The van der Waals surface area contributed by atoms with Gasteiger partial charge in [0.1, 0.15) is 0 Å². The third-order valence-corrected chi connectivity index (χ3v) is 5.60. The van der Waals surface area contributed by atoms with E-state index in [2.05, 4.69) is 61.6 Å². The maximum Gasteiger partial charge on any atom is 0.0136 e. The summed E-state index contributed by atoms with van der Waals surface area (Å²) in [5.41, 5.74) is 1.86. The molecule has 22 heavy (non-hydrogen) atoms. The van der Waals surface area contributed by atoms with Crippen LogP contribution in [-0.2, 0) is 5.41 Å². The van der Waals surface area contributed by atoms with Gasteiger partial charge in [-0.1, -0.05) is 68.7 Å². The van der Waals surface area contributed by atoms with Gasteiger partial charge in [-0.25, -0.2) is 0 Å². The van der Waals surface area contributed by atoms with E-state index in [4.69, 9.17) is 0 Å². The third-order valence-electron chi connectivity index (χ3n) is 5.60. The molecule has 0 bridgehead atoms. The van der Waals surface area contributed by atoms with Crippen molar-refractivity contribution in [1.82, 2.24) is 5.32 Å². The maximum absolute atomic E-state index is 3.79. The zero-order valence-corrected chi connectivity index (χ0v) is 14.1. The highest BCUT2D eigenvalue weighted by atomic mass is 14.9. The van der Waals surface area contributed by atoms with Crippen molar-refractivity contribution < 1.29 is 0 Å². The van der Waals surface area contributed by atoms with Crippen LogP contribution in [0.4, 0.5) is 0 Å². The fraction of sp³-hybridized carbons (Fsp3) is 0.524. The lowest BCUT2D eigenvalue weighted by Crippen LogP contribution is -2.48. The molecule has 0 aliphatic heterocycles. The molecule has 1 nitrogen and oxygen atoms in total. The molecular weight excluding hydrogens is 266 g/mol. The molecule has 1 aliphatic rings. The number of fused-ring (bicyclic) bond motifs is 1. The quantitative estimate of drug-likeness (QED) is 0.775. The van der Waals surface area contributed by atoms with Crippen molar-refractivity contribution in [3.05, 3.63) is 48.0 Å². The van der Waals surface area contributed by atoms with Crippen LogP contribution in [0.15, 0.2) is 42.5 Å². The maximum atomic E-state index is 3.79. The average molecular weight is 295 g/mol. The first-order chi connectivity index (χ1) is 10.8. The molecular formula is C21H29N. The number of nitrogens with one attached hydrogen (secondary N) is 1. The largest absolute Gasteiger partial charge is 0.313 e. The smallest absolute Gasteiger partial charge is 0.0136 e. The normalized spacial score (nSPS) is 19.2. The SMILES string of the molecule is CCCNC(C)C1(c2ccc3ccccc3c2)CCCCC1. The first-order valence-electron chi connectivity index (χ1n) is 8.99. The summed E-state index contributed by atoms with van der Waals surface area (Å²) in [6, 6.07) is 16.4. The standard InChI is InChI=1S/C21H29N/c1-3-15-22-17(2)21(13-7-4-8-14-21)20-12-11-18-9-5-6-10-19(18)16-20/h5-6,9-12,16-17,22H,3-4,7-8,13-15H2,1-2H3. The van der Waals surface area contributed by atoms with Crippen molar-refractivity contribution >= 4 is 10.8 Å². The van der Waals surface area contributed by atoms with Gasteiger partial charge in [0.05, 0.1) is 0 Å². The van der Waals surface area contributed by atoms with Crippen molar-refractivity contribution in [2.45, 2.75) is 63.8 Å². The molecule has 1 fully saturated rings.